The van der Waals surface area contributed by atoms with Crippen molar-refractivity contribution in [1.29, 1.82) is 0 Å². The summed E-state index contributed by atoms with van der Waals surface area (Å²) in [5, 5.41) is 5.06. The minimum atomic E-state index is 0.254. The third-order valence-electron chi connectivity index (χ3n) is 5.11. The molecule has 2 heterocycles. The summed E-state index contributed by atoms with van der Waals surface area (Å²) in [4.78, 5) is 3.67. The van der Waals surface area contributed by atoms with E-state index in [0.717, 1.165) is 17.4 Å². The SMILES string of the molecule is Cc1cc(C)c(C2NCCc3c2[nH]c2ccc(Br)cc32)cc1C. The van der Waals surface area contributed by atoms with Crippen LogP contribution in [0.25, 0.3) is 10.9 Å². The van der Waals surface area contributed by atoms with Crippen molar-refractivity contribution >= 4 is 26.8 Å². The van der Waals surface area contributed by atoms with Crippen LogP contribution in [0.3, 0.4) is 0 Å². The standard InChI is InChI=1S/C20H21BrN2/c1-11-8-13(3)16(9-12(11)2)19-20-15(6-7-22-19)17-10-14(21)4-5-18(17)23-20/h4-5,8-10,19,22-23H,6-7H2,1-3H3. The van der Waals surface area contributed by atoms with Crippen molar-refractivity contribution in [1.82, 2.24) is 10.3 Å². The topological polar surface area (TPSA) is 27.8 Å². The molecule has 0 saturated carbocycles. The Labute approximate surface area is 145 Å². The van der Waals surface area contributed by atoms with E-state index in [0.29, 0.717) is 0 Å². The second kappa shape index (κ2) is 5.50. The van der Waals surface area contributed by atoms with E-state index in [9.17, 15) is 0 Å². The Morgan fingerprint density at radius 3 is 2.61 bits per heavy atom. The number of halogens is 1. The van der Waals surface area contributed by atoms with Crippen LogP contribution in [0.1, 0.15) is 39.6 Å². The normalized spacial score (nSPS) is 17.5. The molecule has 0 aliphatic carbocycles. The van der Waals surface area contributed by atoms with Crippen LogP contribution in [0.2, 0.25) is 0 Å². The highest BCUT2D eigenvalue weighted by atomic mass is 79.9. The second-order valence-corrected chi connectivity index (χ2v) is 7.55. The summed E-state index contributed by atoms with van der Waals surface area (Å²) in [6.45, 7) is 7.62. The number of hydrogen-bond acceptors (Lipinski definition) is 1. The van der Waals surface area contributed by atoms with E-state index in [-0.39, 0.29) is 6.04 Å². The molecule has 1 unspecified atom stereocenters. The molecule has 2 N–H and O–H groups in total. The molecular weight excluding hydrogens is 348 g/mol. The molecule has 0 amide bonds. The third-order valence-corrected chi connectivity index (χ3v) is 5.60. The van der Waals surface area contributed by atoms with Gasteiger partial charge in [0.25, 0.3) is 0 Å². The number of aryl methyl sites for hydroxylation is 3. The maximum Gasteiger partial charge on any atom is 0.0735 e. The minimum Gasteiger partial charge on any atom is -0.357 e. The van der Waals surface area contributed by atoms with Crippen LogP contribution in [-0.2, 0) is 6.42 Å². The average molecular weight is 369 g/mol. The van der Waals surface area contributed by atoms with Crippen LogP contribution in [0.15, 0.2) is 34.8 Å². The number of fused-ring (bicyclic) bond motifs is 3. The number of aromatic amines is 1. The minimum absolute atomic E-state index is 0.254. The van der Waals surface area contributed by atoms with Crippen LogP contribution < -0.4 is 5.32 Å². The highest BCUT2D eigenvalue weighted by molar-refractivity contribution is 9.10. The van der Waals surface area contributed by atoms with Crippen molar-refractivity contribution in [2.75, 3.05) is 6.54 Å². The van der Waals surface area contributed by atoms with Crippen LogP contribution in [-0.4, -0.2) is 11.5 Å². The van der Waals surface area contributed by atoms with Crippen molar-refractivity contribution in [3.05, 3.63) is 68.3 Å². The first-order chi connectivity index (χ1) is 11.0. The lowest BCUT2D eigenvalue weighted by Gasteiger charge is -2.27. The van der Waals surface area contributed by atoms with Gasteiger partial charge in [-0.25, -0.2) is 0 Å². The van der Waals surface area contributed by atoms with Gasteiger partial charge in [-0.3, -0.25) is 0 Å². The van der Waals surface area contributed by atoms with E-state index in [4.69, 9.17) is 0 Å². The van der Waals surface area contributed by atoms with Gasteiger partial charge in [-0.1, -0.05) is 28.1 Å². The molecule has 23 heavy (non-hydrogen) atoms. The summed E-state index contributed by atoms with van der Waals surface area (Å²) < 4.78 is 1.14. The number of nitrogens with one attached hydrogen (secondary N) is 2. The maximum absolute atomic E-state index is 3.71. The molecule has 0 saturated heterocycles. The van der Waals surface area contributed by atoms with Gasteiger partial charge in [0.15, 0.2) is 0 Å². The predicted octanol–water partition coefficient (Wildman–Crippen LogP) is 5.09. The fraction of sp³-hybridized carbons (Fsp3) is 0.300. The number of hydrogen-bond donors (Lipinski definition) is 2. The maximum atomic E-state index is 3.71. The first-order valence-corrected chi connectivity index (χ1v) is 8.95. The molecule has 2 nitrogen and oxygen atoms in total. The Hall–Kier alpha value is -1.58. The molecule has 1 atom stereocenters. The van der Waals surface area contributed by atoms with E-state index < -0.39 is 0 Å². The summed E-state index contributed by atoms with van der Waals surface area (Å²) in [5.74, 6) is 0. The van der Waals surface area contributed by atoms with E-state index in [2.05, 4.69) is 77.3 Å². The summed E-state index contributed by atoms with van der Waals surface area (Å²) in [7, 11) is 0. The smallest absolute Gasteiger partial charge is 0.0735 e. The Kier molecular flexibility index (Phi) is 3.58. The molecule has 1 aliphatic rings. The summed E-state index contributed by atoms with van der Waals surface area (Å²) in [5.41, 5.74) is 9.49. The molecular formula is C20H21BrN2. The van der Waals surface area contributed by atoms with Gasteiger partial charge in [-0.15, -0.1) is 0 Å². The number of H-pyrrole nitrogens is 1. The van der Waals surface area contributed by atoms with Crippen LogP contribution in [0.4, 0.5) is 0 Å². The fourth-order valence-electron chi connectivity index (χ4n) is 3.76. The molecule has 0 bridgehead atoms. The quantitative estimate of drug-likeness (QED) is 0.614. The van der Waals surface area contributed by atoms with Crippen LogP contribution in [0, 0.1) is 20.8 Å². The summed E-state index contributed by atoms with van der Waals surface area (Å²) >= 11 is 3.60. The lowest BCUT2D eigenvalue weighted by atomic mass is 9.90. The number of rotatable bonds is 1. The average Bonchev–Trinajstić information content (AvgIpc) is 2.89. The Balaban J connectivity index is 1.91. The lowest BCUT2D eigenvalue weighted by Crippen LogP contribution is -2.31. The lowest BCUT2D eigenvalue weighted by molar-refractivity contribution is 0.558. The third kappa shape index (κ3) is 2.43. The molecule has 4 rings (SSSR count). The monoisotopic (exact) mass is 368 g/mol. The molecule has 3 aromatic rings. The van der Waals surface area contributed by atoms with Gasteiger partial charge in [0.05, 0.1) is 6.04 Å². The van der Waals surface area contributed by atoms with E-state index in [1.54, 1.807) is 0 Å². The zero-order valence-electron chi connectivity index (χ0n) is 13.8. The van der Waals surface area contributed by atoms with Gasteiger partial charge in [0.1, 0.15) is 0 Å². The van der Waals surface area contributed by atoms with E-state index in [1.807, 2.05) is 0 Å². The van der Waals surface area contributed by atoms with Crippen molar-refractivity contribution < 1.29 is 0 Å². The summed E-state index contributed by atoms with van der Waals surface area (Å²) in [6, 6.07) is 11.4. The van der Waals surface area contributed by atoms with Crippen molar-refractivity contribution in [3.8, 4) is 0 Å². The highest BCUT2D eigenvalue weighted by Crippen LogP contribution is 2.36. The van der Waals surface area contributed by atoms with E-state index >= 15 is 0 Å². The van der Waals surface area contributed by atoms with Gasteiger partial charge in [-0.05, 0) is 73.2 Å². The molecule has 1 aromatic heterocycles. The van der Waals surface area contributed by atoms with Gasteiger partial charge in [0.2, 0.25) is 0 Å². The highest BCUT2D eigenvalue weighted by Gasteiger charge is 2.26. The van der Waals surface area contributed by atoms with Gasteiger partial charge < -0.3 is 10.3 Å². The molecule has 1 aliphatic heterocycles. The zero-order chi connectivity index (χ0) is 16.1. The largest absolute Gasteiger partial charge is 0.357 e. The van der Waals surface area contributed by atoms with Crippen molar-refractivity contribution in [2.45, 2.75) is 33.2 Å². The Morgan fingerprint density at radius 2 is 1.78 bits per heavy atom. The van der Waals surface area contributed by atoms with Crippen molar-refractivity contribution in [3.63, 3.8) is 0 Å². The zero-order valence-corrected chi connectivity index (χ0v) is 15.3. The number of benzene rings is 2. The molecule has 2 aromatic carbocycles. The Morgan fingerprint density at radius 1 is 1.00 bits per heavy atom. The molecule has 3 heteroatoms. The molecule has 0 fully saturated rings. The summed E-state index contributed by atoms with van der Waals surface area (Å²) in [6.07, 6.45) is 1.08. The van der Waals surface area contributed by atoms with Crippen LogP contribution in [0.5, 0.6) is 0 Å². The Bertz CT molecular complexity index is 908. The van der Waals surface area contributed by atoms with Gasteiger partial charge >= 0.3 is 0 Å². The fourth-order valence-corrected chi connectivity index (χ4v) is 4.12. The van der Waals surface area contributed by atoms with Gasteiger partial charge in [-0.2, -0.15) is 0 Å². The molecule has 0 radical (unpaired) electrons. The molecule has 0 spiro atoms. The van der Waals surface area contributed by atoms with Gasteiger partial charge in [0, 0.05) is 27.6 Å². The second-order valence-electron chi connectivity index (χ2n) is 6.64. The first-order valence-electron chi connectivity index (χ1n) is 8.15. The number of aromatic nitrogens is 1. The first kappa shape index (κ1) is 15.0. The molecule has 118 valence electrons. The predicted molar refractivity (Wildman–Crippen MR) is 100 cm³/mol. The van der Waals surface area contributed by atoms with E-state index in [1.165, 1.54) is 44.4 Å². The van der Waals surface area contributed by atoms with Crippen LogP contribution >= 0.6 is 15.9 Å². The van der Waals surface area contributed by atoms with Crippen molar-refractivity contribution in [2.24, 2.45) is 0 Å².